The van der Waals surface area contributed by atoms with E-state index in [9.17, 15) is 9.59 Å². The van der Waals surface area contributed by atoms with Gasteiger partial charge in [0.15, 0.2) is 0 Å². The van der Waals surface area contributed by atoms with Crippen LogP contribution in [0.1, 0.15) is 65.4 Å². The molecule has 0 bridgehead atoms. The predicted molar refractivity (Wildman–Crippen MR) is 279 cm³/mol. The number of oxazole rings is 2. The van der Waals surface area contributed by atoms with E-state index in [2.05, 4.69) is 29.0 Å². The second kappa shape index (κ2) is 25.9. The molecule has 0 aliphatic carbocycles. The first kappa shape index (κ1) is 51.3. The van der Waals surface area contributed by atoms with E-state index in [1.165, 1.54) is 5.56 Å². The summed E-state index contributed by atoms with van der Waals surface area (Å²) in [7, 11) is 3.20. The third-order valence-corrected chi connectivity index (χ3v) is 11.7. The van der Waals surface area contributed by atoms with Crippen molar-refractivity contribution >= 4 is 12.2 Å². The summed E-state index contributed by atoms with van der Waals surface area (Å²) < 4.78 is 33.1. The number of amides is 2. The molecule has 8 aromatic rings. The first-order valence-electron chi connectivity index (χ1n) is 24.0. The van der Waals surface area contributed by atoms with Crippen LogP contribution in [-0.2, 0) is 32.4 Å². The molecule has 72 heavy (non-hydrogen) atoms. The number of carbonyl (C=O) groups excluding carboxylic acids is 2. The van der Waals surface area contributed by atoms with Crippen LogP contribution in [0.2, 0.25) is 0 Å². The Balaban J connectivity index is 0.000000211. The fourth-order valence-electron chi connectivity index (χ4n) is 7.65. The van der Waals surface area contributed by atoms with Gasteiger partial charge in [0, 0.05) is 42.9 Å². The second-order valence-electron chi connectivity index (χ2n) is 16.7. The van der Waals surface area contributed by atoms with Crippen LogP contribution in [0, 0.1) is 25.7 Å². The molecule has 12 heteroatoms. The van der Waals surface area contributed by atoms with Crippen LogP contribution in [0.3, 0.4) is 0 Å². The monoisotopic (exact) mass is 964 g/mol. The van der Waals surface area contributed by atoms with Crippen LogP contribution < -0.4 is 18.9 Å². The van der Waals surface area contributed by atoms with Crippen molar-refractivity contribution in [3.05, 3.63) is 203 Å². The molecule has 0 aliphatic heterocycles. The summed E-state index contributed by atoms with van der Waals surface area (Å²) in [5, 5.41) is 0. The summed E-state index contributed by atoms with van der Waals surface area (Å²) in [4.78, 5) is 38.0. The fourth-order valence-corrected chi connectivity index (χ4v) is 7.65. The maximum absolute atomic E-state index is 12.7. The molecule has 8 rings (SSSR count). The van der Waals surface area contributed by atoms with Gasteiger partial charge in [0.1, 0.15) is 34.5 Å². The van der Waals surface area contributed by atoms with Gasteiger partial charge >= 0.3 is 12.2 Å². The standard InChI is InChI=1S/C30H32N2O4.C30H28N2O4/c2*1-4-32(30(33)36-27-18-16-26(34-3)17-19-27)21-24-12-8-10-23(20-24)11-9-15-28-22(2)35-29(31-28)25-13-6-5-7-14-25/h5-8,10,12-14,16-20H,4,9,11,15,21H2,1-3H3;5-8,10,12-14,16-20H,4,15,21H2,1-3H3. The highest BCUT2D eigenvalue weighted by atomic mass is 16.6. The number of ether oxygens (including phenoxy) is 4. The number of hydrogen-bond acceptors (Lipinski definition) is 10. The van der Waals surface area contributed by atoms with Crippen LogP contribution in [0.5, 0.6) is 23.0 Å². The van der Waals surface area contributed by atoms with Gasteiger partial charge in [0.05, 0.1) is 32.0 Å². The molecule has 0 N–H and O–H groups in total. The van der Waals surface area contributed by atoms with Gasteiger partial charge in [-0.3, -0.25) is 0 Å². The highest BCUT2D eigenvalue weighted by Crippen LogP contribution is 2.25. The van der Waals surface area contributed by atoms with Crippen molar-refractivity contribution in [2.24, 2.45) is 0 Å². The normalized spacial score (nSPS) is 10.5. The van der Waals surface area contributed by atoms with Crippen molar-refractivity contribution in [1.82, 2.24) is 19.8 Å². The zero-order valence-corrected chi connectivity index (χ0v) is 41.7. The fraction of sp³-hybridized carbons (Fsp3) is 0.233. The van der Waals surface area contributed by atoms with E-state index in [0.717, 1.165) is 70.0 Å². The van der Waals surface area contributed by atoms with Crippen molar-refractivity contribution in [3.8, 4) is 57.7 Å². The minimum atomic E-state index is -0.408. The minimum absolute atomic E-state index is 0.371. The molecule has 0 radical (unpaired) electrons. The van der Waals surface area contributed by atoms with E-state index < -0.39 is 6.09 Å². The quantitative estimate of drug-likeness (QED) is 0.0813. The third kappa shape index (κ3) is 14.7. The van der Waals surface area contributed by atoms with Crippen LogP contribution >= 0.6 is 0 Å². The number of rotatable bonds is 17. The Morgan fingerprint density at radius 1 is 0.528 bits per heavy atom. The number of aryl methyl sites for hydroxylation is 4. The van der Waals surface area contributed by atoms with E-state index in [0.29, 0.717) is 67.4 Å². The summed E-state index contributed by atoms with van der Waals surface area (Å²) in [6.45, 7) is 9.72. The Morgan fingerprint density at radius 3 is 1.50 bits per heavy atom. The summed E-state index contributed by atoms with van der Waals surface area (Å²) in [5.74, 6) is 11.7. The maximum Gasteiger partial charge on any atom is 0.415 e. The lowest BCUT2D eigenvalue weighted by Crippen LogP contribution is -2.32. The van der Waals surface area contributed by atoms with Gasteiger partial charge in [-0.25, -0.2) is 19.6 Å². The van der Waals surface area contributed by atoms with Crippen LogP contribution in [0.25, 0.3) is 22.9 Å². The average Bonchev–Trinajstić information content (AvgIpc) is 3.99. The van der Waals surface area contributed by atoms with E-state index in [1.807, 2.05) is 125 Å². The molecule has 2 aromatic heterocycles. The van der Waals surface area contributed by atoms with E-state index in [1.54, 1.807) is 72.6 Å². The minimum Gasteiger partial charge on any atom is -0.497 e. The van der Waals surface area contributed by atoms with Gasteiger partial charge in [-0.1, -0.05) is 84.6 Å². The Bertz CT molecular complexity index is 3050. The maximum atomic E-state index is 12.7. The van der Waals surface area contributed by atoms with Crippen molar-refractivity contribution in [2.45, 2.75) is 66.5 Å². The molecule has 368 valence electrons. The summed E-state index contributed by atoms with van der Waals surface area (Å²) in [6, 6.07) is 49.9. The smallest absolute Gasteiger partial charge is 0.415 e. The lowest BCUT2D eigenvalue weighted by molar-refractivity contribution is 0.151. The first-order chi connectivity index (χ1) is 35.1. The number of benzene rings is 6. The Hall–Kier alpha value is -8.56. The SMILES string of the molecule is CCN(Cc1cccc(C#CCc2nc(-c3ccccc3)oc2C)c1)C(=O)Oc1ccc(OC)cc1.CCN(Cc1cccc(CCCc2nc(-c3ccccc3)oc2C)c1)C(=O)Oc1ccc(OC)cc1. The van der Waals surface area contributed by atoms with Crippen LogP contribution in [0.4, 0.5) is 9.59 Å². The third-order valence-electron chi connectivity index (χ3n) is 11.7. The molecule has 0 saturated carbocycles. The van der Waals surface area contributed by atoms with Gasteiger partial charge in [0.25, 0.3) is 0 Å². The molecule has 0 fully saturated rings. The summed E-state index contributed by atoms with van der Waals surface area (Å²) in [6.07, 6.45) is 2.44. The van der Waals surface area contributed by atoms with Gasteiger partial charge in [-0.2, -0.15) is 0 Å². The van der Waals surface area contributed by atoms with Gasteiger partial charge in [-0.05, 0) is 149 Å². The van der Waals surface area contributed by atoms with Crippen molar-refractivity contribution in [3.63, 3.8) is 0 Å². The van der Waals surface area contributed by atoms with Crippen LogP contribution in [0.15, 0.2) is 167 Å². The number of carbonyl (C=O) groups is 2. The molecule has 0 spiro atoms. The van der Waals surface area contributed by atoms with Crippen molar-refractivity contribution in [1.29, 1.82) is 0 Å². The molecule has 2 heterocycles. The summed E-state index contributed by atoms with van der Waals surface area (Å²) in [5.41, 5.74) is 7.92. The molecule has 6 aromatic carbocycles. The predicted octanol–water partition coefficient (Wildman–Crippen LogP) is 13.1. The molecule has 0 unspecified atom stereocenters. The lowest BCUT2D eigenvalue weighted by atomic mass is 10.0. The summed E-state index contributed by atoms with van der Waals surface area (Å²) >= 11 is 0. The molecular formula is C60H60N4O8. The van der Waals surface area contributed by atoms with E-state index >= 15 is 0 Å². The largest absolute Gasteiger partial charge is 0.497 e. The lowest BCUT2D eigenvalue weighted by Gasteiger charge is -2.20. The van der Waals surface area contributed by atoms with Gasteiger partial charge in [0.2, 0.25) is 11.8 Å². The van der Waals surface area contributed by atoms with Gasteiger partial charge in [-0.15, -0.1) is 0 Å². The zero-order chi connectivity index (χ0) is 50.7. The topological polar surface area (TPSA) is 130 Å². The molecular weight excluding hydrogens is 905 g/mol. The first-order valence-corrected chi connectivity index (χ1v) is 24.0. The molecule has 0 atom stereocenters. The molecule has 2 amide bonds. The van der Waals surface area contributed by atoms with E-state index in [4.69, 9.17) is 32.8 Å². The molecule has 0 aliphatic rings. The van der Waals surface area contributed by atoms with Crippen LogP contribution in [-0.4, -0.2) is 59.3 Å². The highest BCUT2D eigenvalue weighted by Gasteiger charge is 2.18. The number of nitrogens with zero attached hydrogens (tertiary/aromatic N) is 4. The zero-order valence-electron chi connectivity index (χ0n) is 41.7. The number of hydrogen-bond donors (Lipinski definition) is 0. The van der Waals surface area contributed by atoms with E-state index in [-0.39, 0.29) is 6.09 Å². The Kier molecular flexibility index (Phi) is 18.4. The molecule has 0 saturated heterocycles. The second-order valence-corrected chi connectivity index (χ2v) is 16.7. The molecule has 12 nitrogen and oxygen atoms in total. The number of aromatic nitrogens is 2. The van der Waals surface area contributed by atoms with Crippen molar-refractivity contribution < 1.29 is 37.4 Å². The van der Waals surface area contributed by atoms with Gasteiger partial charge < -0.3 is 37.6 Å². The van der Waals surface area contributed by atoms with Crippen molar-refractivity contribution in [2.75, 3.05) is 27.3 Å². The number of methoxy groups -OCH3 is 2. The average molecular weight is 965 g/mol. The highest BCUT2D eigenvalue weighted by molar-refractivity contribution is 5.71. The Morgan fingerprint density at radius 2 is 0.986 bits per heavy atom. The Labute approximate surface area is 422 Å².